The van der Waals surface area contributed by atoms with E-state index in [-0.39, 0.29) is 23.7 Å². The third-order valence-electron chi connectivity index (χ3n) is 3.92. The summed E-state index contributed by atoms with van der Waals surface area (Å²) in [6, 6.07) is 9.82. The van der Waals surface area contributed by atoms with Gasteiger partial charge < -0.3 is 14.8 Å². The van der Waals surface area contributed by atoms with Gasteiger partial charge in [0.2, 0.25) is 5.78 Å². The molecule has 1 N–H and O–H groups in total. The molecule has 0 heterocycles. The van der Waals surface area contributed by atoms with E-state index in [0.717, 1.165) is 12.0 Å². The van der Waals surface area contributed by atoms with Crippen LogP contribution in [-0.2, 0) is 11.2 Å². The average Bonchev–Trinajstić information content (AvgIpc) is 2.73. The number of halogens is 2. The maximum atomic E-state index is 12.2. The van der Waals surface area contributed by atoms with E-state index >= 15 is 0 Å². The van der Waals surface area contributed by atoms with Crippen LogP contribution in [0.15, 0.2) is 36.4 Å². The first-order chi connectivity index (χ1) is 14.0. The fourth-order valence-electron chi connectivity index (χ4n) is 2.45. The molecule has 0 aliphatic rings. The normalized spacial score (nSPS) is 9.93. The zero-order valence-corrected chi connectivity index (χ0v) is 17.7. The van der Waals surface area contributed by atoms with Gasteiger partial charge in [0.1, 0.15) is 6.61 Å². The second-order valence-electron chi connectivity index (χ2n) is 5.94. The first-order valence-corrected chi connectivity index (χ1v) is 9.74. The predicted octanol–water partition coefficient (Wildman–Crippen LogP) is 4.34. The van der Waals surface area contributed by atoms with Crippen LogP contribution in [0.2, 0.25) is 10.0 Å². The molecule has 0 atom stereocenters. The molecule has 5 nitrogen and oxygen atoms in total. The topological polar surface area (TPSA) is 64.6 Å². The van der Waals surface area contributed by atoms with Gasteiger partial charge >= 0.3 is 0 Å². The first-order valence-electron chi connectivity index (χ1n) is 8.99. The van der Waals surface area contributed by atoms with Gasteiger partial charge in [0, 0.05) is 18.5 Å². The molecule has 0 aromatic heterocycles. The molecule has 0 unspecified atom stereocenters. The van der Waals surface area contributed by atoms with Crippen LogP contribution in [0.5, 0.6) is 11.5 Å². The third kappa shape index (κ3) is 6.70. The SMILES string of the molecule is CCC#CCOc1ccc(CCNC(=O)C(=O)c2ccc(Cl)c(Cl)c2)cc1OC. The van der Waals surface area contributed by atoms with Crippen molar-refractivity contribution >= 4 is 34.9 Å². The van der Waals surface area contributed by atoms with Gasteiger partial charge in [0.15, 0.2) is 11.5 Å². The number of hydrogen-bond acceptors (Lipinski definition) is 4. The summed E-state index contributed by atoms with van der Waals surface area (Å²) in [7, 11) is 1.56. The van der Waals surface area contributed by atoms with Crippen LogP contribution < -0.4 is 14.8 Å². The molecule has 0 radical (unpaired) electrons. The van der Waals surface area contributed by atoms with E-state index in [9.17, 15) is 9.59 Å². The Balaban J connectivity index is 1.91. The molecular weight excluding hydrogens is 413 g/mol. The van der Waals surface area contributed by atoms with Crippen molar-refractivity contribution < 1.29 is 19.1 Å². The summed E-state index contributed by atoms with van der Waals surface area (Å²) >= 11 is 11.7. The number of carbonyl (C=O) groups is 2. The summed E-state index contributed by atoms with van der Waals surface area (Å²) in [4.78, 5) is 24.3. The van der Waals surface area contributed by atoms with E-state index in [1.165, 1.54) is 18.2 Å². The van der Waals surface area contributed by atoms with Crippen molar-refractivity contribution in [3.05, 3.63) is 57.6 Å². The molecule has 1 amide bonds. The Labute approximate surface area is 180 Å². The van der Waals surface area contributed by atoms with Crippen LogP contribution in [0.4, 0.5) is 0 Å². The minimum Gasteiger partial charge on any atom is -0.493 e. The minimum atomic E-state index is -0.704. The van der Waals surface area contributed by atoms with Crippen molar-refractivity contribution in [2.24, 2.45) is 0 Å². The van der Waals surface area contributed by atoms with Gasteiger partial charge in [-0.1, -0.05) is 42.1 Å². The Hall–Kier alpha value is -2.68. The molecule has 0 bridgehead atoms. The van der Waals surface area contributed by atoms with Gasteiger partial charge in [-0.2, -0.15) is 0 Å². The number of benzene rings is 2. The molecule has 0 aliphatic carbocycles. The number of carbonyl (C=O) groups excluding carboxylic acids is 2. The number of hydrogen-bond donors (Lipinski definition) is 1. The van der Waals surface area contributed by atoms with Gasteiger partial charge in [-0.25, -0.2) is 0 Å². The standard InChI is InChI=1S/C22H21Cl2NO4/c1-3-4-5-12-29-19-9-6-15(13-20(19)28-2)10-11-25-22(27)21(26)16-7-8-17(23)18(24)14-16/h6-9,13-14H,3,10-12H2,1-2H3,(H,25,27). The van der Waals surface area contributed by atoms with E-state index < -0.39 is 11.7 Å². The molecule has 2 aromatic rings. The summed E-state index contributed by atoms with van der Waals surface area (Å²) in [6.45, 7) is 2.55. The summed E-state index contributed by atoms with van der Waals surface area (Å²) in [6.07, 6.45) is 1.30. The quantitative estimate of drug-likeness (QED) is 0.382. The zero-order valence-electron chi connectivity index (χ0n) is 16.2. The lowest BCUT2D eigenvalue weighted by Gasteiger charge is -2.11. The maximum Gasteiger partial charge on any atom is 0.292 e. The highest BCUT2D eigenvalue weighted by atomic mass is 35.5. The van der Waals surface area contributed by atoms with Crippen molar-refractivity contribution in [3.63, 3.8) is 0 Å². The fourth-order valence-corrected chi connectivity index (χ4v) is 2.74. The Morgan fingerprint density at radius 3 is 2.52 bits per heavy atom. The number of amides is 1. The molecule has 7 heteroatoms. The fraction of sp³-hybridized carbons (Fsp3) is 0.273. The van der Waals surface area contributed by atoms with Crippen molar-refractivity contribution in [2.45, 2.75) is 19.8 Å². The maximum absolute atomic E-state index is 12.2. The molecule has 0 saturated carbocycles. The lowest BCUT2D eigenvalue weighted by molar-refractivity contribution is -0.116. The molecule has 0 spiro atoms. The largest absolute Gasteiger partial charge is 0.493 e. The van der Waals surface area contributed by atoms with Crippen molar-refractivity contribution in [2.75, 3.05) is 20.3 Å². The molecule has 2 rings (SSSR count). The Morgan fingerprint density at radius 1 is 1.03 bits per heavy atom. The number of Topliss-reactive ketones (excluding diaryl/α,β-unsaturated/α-hetero) is 1. The van der Waals surface area contributed by atoms with Crippen LogP contribution in [0.3, 0.4) is 0 Å². The van der Waals surface area contributed by atoms with Gasteiger partial charge in [-0.05, 0) is 42.3 Å². The van der Waals surface area contributed by atoms with Gasteiger partial charge in [-0.3, -0.25) is 9.59 Å². The second kappa shape index (κ2) is 11.4. The van der Waals surface area contributed by atoms with Crippen LogP contribution in [0, 0.1) is 11.8 Å². The van der Waals surface area contributed by atoms with Crippen molar-refractivity contribution in [1.29, 1.82) is 0 Å². The van der Waals surface area contributed by atoms with Crippen molar-refractivity contribution in [1.82, 2.24) is 5.32 Å². The lowest BCUT2D eigenvalue weighted by atomic mass is 10.1. The predicted molar refractivity (Wildman–Crippen MR) is 114 cm³/mol. The number of nitrogens with one attached hydrogen (secondary N) is 1. The summed E-state index contributed by atoms with van der Waals surface area (Å²) in [5, 5.41) is 3.15. The Kier molecular flexibility index (Phi) is 8.85. The molecular formula is C22H21Cl2NO4. The summed E-state index contributed by atoms with van der Waals surface area (Å²) in [5.41, 5.74) is 1.11. The lowest BCUT2D eigenvalue weighted by Crippen LogP contribution is -2.32. The number of rotatable bonds is 8. The number of methoxy groups -OCH3 is 1. The third-order valence-corrected chi connectivity index (χ3v) is 4.66. The van der Waals surface area contributed by atoms with Crippen LogP contribution >= 0.6 is 23.2 Å². The number of ketones is 1. The van der Waals surface area contributed by atoms with Crippen LogP contribution in [-0.4, -0.2) is 32.0 Å². The summed E-state index contributed by atoms with van der Waals surface area (Å²) in [5.74, 6) is 5.65. The Bertz CT molecular complexity index is 948. The van der Waals surface area contributed by atoms with E-state index in [0.29, 0.717) is 22.9 Å². The Morgan fingerprint density at radius 2 is 1.83 bits per heavy atom. The van der Waals surface area contributed by atoms with E-state index in [1.807, 2.05) is 19.1 Å². The van der Waals surface area contributed by atoms with E-state index in [4.69, 9.17) is 32.7 Å². The molecule has 29 heavy (non-hydrogen) atoms. The van der Waals surface area contributed by atoms with E-state index in [1.54, 1.807) is 13.2 Å². The van der Waals surface area contributed by atoms with Crippen LogP contribution in [0.1, 0.15) is 29.3 Å². The minimum absolute atomic E-state index is 0.186. The van der Waals surface area contributed by atoms with Crippen LogP contribution in [0.25, 0.3) is 0 Å². The molecule has 0 fully saturated rings. The monoisotopic (exact) mass is 433 g/mol. The first kappa shape index (κ1) is 22.6. The molecule has 152 valence electrons. The highest BCUT2D eigenvalue weighted by Crippen LogP contribution is 2.28. The van der Waals surface area contributed by atoms with E-state index in [2.05, 4.69) is 17.2 Å². The molecule has 0 saturated heterocycles. The van der Waals surface area contributed by atoms with Gasteiger partial charge in [0.05, 0.1) is 17.2 Å². The van der Waals surface area contributed by atoms with Gasteiger partial charge in [0.25, 0.3) is 5.91 Å². The average molecular weight is 434 g/mol. The highest BCUT2D eigenvalue weighted by Gasteiger charge is 2.17. The van der Waals surface area contributed by atoms with Gasteiger partial charge in [-0.15, -0.1) is 5.92 Å². The summed E-state index contributed by atoms with van der Waals surface area (Å²) < 4.78 is 10.9. The molecule has 0 aliphatic heterocycles. The zero-order chi connectivity index (χ0) is 21.2. The van der Waals surface area contributed by atoms with Crippen molar-refractivity contribution in [3.8, 4) is 23.3 Å². The smallest absolute Gasteiger partial charge is 0.292 e. The second-order valence-corrected chi connectivity index (χ2v) is 6.76. The highest BCUT2D eigenvalue weighted by molar-refractivity contribution is 6.45. The molecule has 2 aromatic carbocycles. The number of ether oxygens (including phenoxy) is 2.